The molecule has 3 aromatic rings. The molecule has 4 rings (SSSR count). The lowest BCUT2D eigenvalue weighted by molar-refractivity contribution is -0.134. The summed E-state index contributed by atoms with van der Waals surface area (Å²) in [6.45, 7) is 2.82. The Labute approximate surface area is 192 Å². The van der Waals surface area contributed by atoms with Crippen LogP contribution >= 0.6 is 0 Å². The van der Waals surface area contributed by atoms with Gasteiger partial charge in [0, 0.05) is 19.3 Å². The average Bonchev–Trinajstić information content (AvgIpc) is 2.83. The third-order valence-corrected chi connectivity index (χ3v) is 5.90. The van der Waals surface area contributed by atoms with Crippen LogP contribution in [0.15, 0.2) is 60.8 Å². The number of halogens is 1. The number of nitrogens with zero attached hydrogens (tertiary/aromatic N) is 3. The number of hydrogen-bond acceptors (Lipinski definition) is 4. The summed E-state index contributed by atoms with van der Waals surface area (Å²) in [7, 11) is 0. The second-order valence-corrected chi connectivity index (χ2v) is 8.30. The van der Waals surface area contributed by atoms with E-state index < -0.39 is 0 Å². The molecule has 0 unspecified atom stereocenters. The molecule has 1 aliphatic rings. The number of nitrogens with one attached hydrogen (secondary N) is 1. The highest BCUT2D eigenvalue weighted by Crippen LogP contribution is 2.30. The first-order chi connectivity index (χ1) is 16.0. The standard InChI is InChI=1S/C26H27FN4O2/c1-18-22(26(33)29-16-19-8-3-2-4-9-19)17-28-25(30-18)23-12-5-6-13-31(23)24(32)15-20-10-7-11-21(27)14-20/h2-4,7-11,14,17,23H,5-6,12-13,15-16H2,1H3,(H,29,33)/t23-/m0/s1. The molecule has 0 aliphatic carbocycles. The van der Waals surface area contributed by atoms with Gasteiger partial charge in [0.15, 0.2) is 5.82 Å². The lowest BCUT2D eigenvalue weighted by Gasteiger charge is -2.35. The topological polar surface area (TPSA) is 75.2 Å². The molecular weight excluding hydrogens is 419 g/mol. The van der Waals surface area contributed by atoms with Gasteiger partial charge in [-0.15, -0.1) is 0 Å². The number of piperidine rings is 1. The molecule has 2 heterocycles. The molecule has 1 atom stereocenters. The Kier molecular flexibility index (Phi) is 7.07. The second kappa shape index (κ2) is 10.3. The van der Waals surface area contributed by atoms with Gasteiger partial charge in [0.1, 0.15) is 5.82 Å². The highest BCUT2D eigenvalue weighted by atomic mass is 19.1. The second-order valence-electron chi connectivity index (χ2n) is 8.30. The van der Waals surface area contributed by atoms with Crippen LogP contribution in [0, 0.1) is 12.7 Å². The van der Waals surface area contributed by atoms with Crippen molar-refractivity contribution in [2.24, 2.45) is 0 Å². The minimum Gasteiger partial charge on any atom is -0.348 e. The van der Waals surface area contributed by atoms with Crippen molar-refractivity contribution in [3.8, 4) is 0 Å². The predicted molar refractivity (Wildman–Crippen MR) is 123 cm³/mol. The molecule has 33 heavy (non-hydrogen) atoms. The van der Waals surface area contributed by atoms with E-state index in [-0.39, 0.29) is 30.1 Å². The van der Waals surface area contributed by atoms with E-state index in [0.29, 0.717) is 35.7 Å². The summed E-state index contributed by atoms with van der Waals surface area (Å²) in [5.41, 5.74) is 2.65. The molecule has 1 fully saturated rings. The molecule has 0 saturated carbocycles. The molecule has 6 nitrogen and oxygen atoms in total. The van der Waals surface area contributed by atoms with Crippen molar-refractivity contribution in [2.75, 3.05) is 6.54 Å². The first kappa shape index (κ1) is 22.6. The number of amides is 2. The number of likely N-dealkylation sites (tertiary alicyclic amines) is 1. The number of carbonyl (C=O) groups is 2. The maximum Gasteiger partial charge on any atom is 0.254 e. The van der Waals surface area contributed by atoms with Gasteiger partial charge in [-0.2, -0.15) is 0 Å². The van der Waals surface area contributed by atoms with Crippen molar-refractivity contribution in [2.45, 2.75) is 45.2 Å². The Hall–Kier alpha value is -3.61. The van der Waals surface area contributed by atoms with Gasteiger partial charge < -0.3 is 10.2 Å². The Balaban J connectivity index is 1.46. The molecule has 2 amide bonds. The zero-order chi connectivity index (χ0) is 23.2. The number of benzene rings is 2. The van der Waals surface area contributed by atoms with Gasteiger partial charge in [-0.1, -0.05) is 42.5 Å². The molecule has 2 aromatic carbocycles. The molecular formula is C26H27FN4O2. The molecule has 0 radical (unpaired) electrons. The summed E-state index contributed by atoms with van der Waals surface area (Å²) >= 11 is 0. The Bertz CT molecular complexity index is 1140. The van der Waals surface area contributed by atoms with E-state index in [9.17, 15) is 14.0 Å². The van der Waals surface area contributed by atoms with Gasteiger partial charge in [0.05, 0.1) is 23.7 Å². The number of aryl methyl sites for hydroxylation is 1. The van der Waals surface area contributed by atoms with E-state index in [4.69, 9.17) is 0 Å². The predicted octanol–water partition coefficient (Wildman–Crippen LogP) is 4.15. The molecule has 1 aliphatic heterocycles. The fourth-order valence-electron chi connectivity index (χ4n) is 4.16. The normalized spacial score (nSPS) is 15.8. The number of carbonyl (C=O) groups excluding carboxylic acids is 2. The maximum atomic E-state index is 13.5. The summed E-state index contributed by atoms with van der Waals surface area (Å²) < 4.78 is 13.5. The van der Waals surface area contributed by atoms with Gasteiger partial charge in [0.25, 0.3) is 5.91 Å². The van der Waals surface area contributed by atoms with Crippen molar-refractivity contribution >= 4 is 11.8 Å². The average molecular weight is 447 g/mol. The Morgan fingerprint density at radius 2 is 1.88 bits per heavy atom. The number of rotatable bonds is 6. The lowest BCUT2D eigenvalue weighted by Crippen LogP contribution is -2.40. The highest BCUT2D eigenvalue weighted by Gasteiger charge is 2.30. The van der Waals surface area contributed by atoms with Crippen LogP contribution in [0.3, 0.4) is 0 Å². The Morgan fingerprint density at radius 1 is 1.09 bits per heavy atom. The van der Waals surface area contributed by atoms with Crippen LogP contribution in [-0.4, -0.2) is 33.2 Å². The summed E-state index contributed by atoms with van der Waals surface area (Å²) in [6, 6.07) is 15.6. The van der Waals surface area contributed by atoms with Gasteiger partial charge in [-0.05, 0) is 49.4 Å². The van der Waals surface area contributed by atoms with Gasteiger partial charge >= 0.3 is 0 Å². The van der Waals surface area contributed by atoms with Gasteiger partial charge in [-0.3, -0.25) is 9.59 Å². The van der Waals surface area contributed by atoms with Crippen LogP contribution in [0.2, 0.25) is 0 Å². The van der Waals surface area contributed by atoms with Crippen LogP contribution in [0.5, 0.6) is 0 Å². The smallest absolute Gasteiger partial charge is 0.254 e. The van der Waals surface area contributed by atoms with Crippen molar-refractivity contribution < 1.29 is 14.0 Å². The SMILES string of the molecule is Cc1nc([C@@H]2CCCCN2C(=O)Cc2cccc(F)c2)ncc1C(=O)NCc1ccccc1. The van der Waals surface area contributed by atoms with Crippen LogP contribution in [0.1, 0.15) is 58.3 Å². The molecule has 0 bridgehead atoms. The van der Waals surface area contributed by atoms with Crippen molar-refractivity contribution in [1.29, 1.82) is 0 Å². The van der Waals surface area contributed by atoms with Crippen LogP contribution in [0.25, 0.3) is 0 Å². The maximum absolute atomic E-state index is 13.5. The van der Waals surface area contributed by atoms with E-state index in [0.717, 1.165) is 24.8 Å². The highest BCUT2D eigenvalue weighted by molar-refractivity contribution is 5.94. The quantitative estimate of drug-likeness (QED) is 0.617. The van der Waals surface area contributed by atoms with Crippen LogP contribution in [0.4, 0.5) is 4.39 Å². The molecule has 170 valence electrons. The minimum absolute atomic E-state index is 0.0729. The van der Waals surface area contributed by atoms with Crippen molar-refractivity contribution in [3.63, 3.8) is 0 Å². The van der Waals surface area contributed by atoms with Gasteiger partial charge in [-0.25, -0.2) is 14.4 Å². The number of hydrogen-bond donors (Lipinski definition) is 1. The summed E-state index contributed by atoms with van der Waals surface area (Å²) in [5.74, 6) is -0.114. The van der Waals surface area contributed by atoms with Gasteiger partial charge in [0.2, 0.25) is 5.91 Å². The number of aromatic nitrogens is 2. The largest absolute Gasteiger partial charge is 0.348 e. The summed E-state index contributed by atoms with van der Waals surface area (Å²) in [6.07, 6.45) is 4.31. The summed E-state index contributed by atoms with van der Waals surface area (Å²) in [5, 5.41) is 2.90. The molecule has 1 saturated heterocycles. The van der Waals surface area contributed by atoms with E-state index in [2.05, 4.69) is 15.3 Å². The first-order valence-electron chi connectivity index (χ1n) is 11.2. The van der Waals surface area contributed by atoms with E-state index in [1.165, 1.54) is 12.1 Å². The van der Waals surface area contributed by atoms with E-state index in [1.807, 2.05) is 30.3 Å². The zero-order valence-electron chi connectivity index (χ0n) is 18.6. The third kappa shape index (κ3) is 5.61. The zero-order valence-corrected chi connectivity index (χ0v) is 18.6. The molecule has 1 aromatic heterocycles. The fraction of sp³-hybridized carbons (Fsp3) is 0.308. The minimum atomic E-state index is -0.351. The van der Waals surface area contributed by atoms with Crippen molar-refractivity contribution in [1.82, 2.24) is 20.2 Å². The van der Waals surface area contributed by atoms with Crippen LogP contribution in [-0.2, 0) is 17.8 Å². The molecule has 1 N–H and O–H groups in total. The first-order valence-corrected chi connectivity index (χ1v) is 11.2. The Morgan fingerprint density at radius 3 is 2.64 bits per heavy atom. The van der Waals surface area contributed by atoms with E-state index >= 15 is 0 Å². The lowest BCUT2D eigenvalue weighted by atomic mass is 9.99. The summed E-state index contributed by atoms with van der Waals surface area (Å²) in [4.78, 5) is 36.5. The third-order valence-electron chi connectivity index (χ3n) is 5.90. The monoisotopic (exact) mass is 446 g/mol. The van der Waals surface area contributed by atoms with Crippen molar-refractivity contribution in [3.05, 3.63) is 94.8 Å². The molecule has 0 spiro atoms. The fourth-order valence-corrected chi connectivity index (χ4v) is 4.16. The molecule has 7 heteroatoms. The van der Waals surface area contributed by atoms with E-state index in [1.54, 1.807) is 30.2 Å². The van der Waals surface area contributed by atoms with Crippen LogP contribution < -0.4 is 5.32 Å².